The minimum atomic E-state index is -4.67. The minimum absolute atomic E-state index is 0.138. The molecule has 166 valence electrons. The summed E-state index contributed by atoms with van der Waals surface area (Å²) in [7, 11) is 0. The van der Waals surface area contributed by atoms with Crippen LogP contribution in [0.3, 0.4) is 0 Å². The third-order valence-corrected chi connectivity index (χ3v) is 4.48. The number of aromatic nitrogens is 2. The molecule has 7 nitrogen and oxygen atoms in total. The van der Waals surface area contributed by atoms with Gasteiger partial charge in [-0.15, -0.1) is 0 Å². The first-order valence-electron chi connectivity index (χ1n) is 9.16. The van der Waals surface area contributed by atoms with Crippen molar-refractivity contribution in [3.63, 3.8) is 0 Å². The Morgan fingerprint density at radius 3 is 2.31 bits per heavy atom. The maximum atomic E-state index is 13.2. The van der Waals surface area contributed by atoms with Gasteiger partial charge in [0, 0.05) is 17.5 Å². The smallest absolute Gasteiger partial charge is 0.324 e. The number of carbonyl (C=O) groups is 2. The maximum absolute atomic E-state index is 13.2. The van der Waals surface area contributed by atoms with Gasteiger partial charge >= 0.3 is 6.18 Å². The zero-order valence-corrected chi connectivity index (χ0v) is 17.3. The van der Waals surface area contributed by atoms with E-state index >= 15 is 0 Å². The van der Waals surface area contributed by atoms with Crippen molar-refractivity contribution >= 4 is 34.8 Å². The van der Waals surface area contributed by atoms with Gasteiger partial charge in [-0.05, 0) is 30.3 Å². The van der Waals surface area contributed by atoms with Gasteiger partial charge in [-0.1, -0.05) is 35.9 Å². The molecule has 0 aliphatic heterocycles. The van der Waals surface area contributed by atoms with Crippen molar-refractivity contribution in [2.24, 2.45) is 0 Å². The van der Waals surface area contributed by atoms with Crippen LogP contribution in [0.5, 0.6) is 0 Å². The standard InChI is InChI=1S/C21H16ClF3N4O3/c1-12(30)26-18-10-17(13-6-8-14(22)9-7-13)28-29(20(18)32)11-19(31)27-16-5-3-2-4-15(16)21(23,24)25/h2-10H,11H2,1H3,(H,26,30)(H,27,31). The van der Waals surface area contributed by atoms with E-state index in [2.05, 4.69) is 15.7 Å². The Kier molecular flexibility index (Phi) is 6.64. The van der Waals surface area contributed by atoms with Gasteiger partial charge in [0.25, 0.3) is 5.56 Å². The fraction of sp³-hybridized carbons (Fsp3) is 0.143. The number of benzene rings is 2. The fourth-order valence-electron chi connectivity index (χ4n) is 2.85. The monoisotopic (exact) mass is 464 g/mol. The number of alkyl halides is 3. The minimum Gasteiger partial charge on any atom is -0.324 e. The fourth-order valence-corrected chi connectivity index (χ4v) is 2.98. The third-order valence-electron chi connectivity index (χ3n) is 4.22. The second-order valence-corrected chi connectivity index (χ2v) is 7.12. The number of amides is 2. The van der Waals surface area contributed by atoms with Crippen molar-refractivity contribution < 1.29 is 22.8 Å². The van der Waals surface area contributed by atoms with Gasteiger partial charge in [0.15, 0.2) is 0 Å². The summed E-state index contributed by atoms with van der Waals surface area (Å²) in [5, 5.41) is 9.11. The summed E-state index contributed by atoms with van der Waals surface area (Å²) in [5.74, 6) is -1.43. The van der Waals surface area contributed by atoms with Gasteiger partial charge in [-0.2, -0.15) is 18.3 Å². The molecule has 0 fully saturated rings. The molecule has 0 saturated heterocycles. The van der Waals surface area contributed by atoms with Gasteiger partial charge < -0.3 is 10.6 Å². The summed E-state index contributed by atoms with van der Waals surface area (Å²) in [6.07, 6.45) is -4.67. The van der Waals surface area contributed by atoms with Crippen LogP contribution in [0, 0.1) is 0 Å². The molecule has 0 bridgehead atoms. The number of halogens is 4. The molecular weight excluding hydrogens is 449 g/mol. The van der Waals surface area contributed by atoms with E-state index in [9.17, 15) is 27.6 Å². The molecule has 2 amide bonds. The van der Waals surface area contributed by atoms with Crippen molar-refractivity contribution in [2.45, 2.75) is 19.6 Å². The number of anilines is 2. The number of nitrogens with one attached hydrogen (secondary N) is 2. The highest BCUT2D eigenvalue weighted by atomic mass is 35.5. The number of hydrogen-bond acceptors (Lipinski definition) is 4. The number of carbonyl (C=O) groups excluding carboxylic acids is 2. The Morgan fingerprint density at radius 1 is 1.03 bits per heavy atom. The maximum Gasteiger partial charge on any atom is 0.418 e. The lowest BCUT2D eigenvalue weighted by Gasteiger charge is -2.14. The Labute approximate surface area is 184 Å². The average Bonchev–Trinajstić information content (AvgIpc) is 2.70. The van der Waals surface area contributed by atoms with Crippen LogP contribution in [0.1, 0.15) is 12.5 Å². The normalized spacial score (nSPS) is 11.2. The van der Waals surface area contributed by atoms with Gasteiger partial charge in [0.05, 0.1) is 16.9 Å². The summed E-state index contributed by atoms with van der Waals surface area (Å²) in [4.78, 5) is 36.6. The first kappa shape index (κ1) is 23.0. The molecule has 0 saturated carbocycles. The predicted octanol–water partition coefficient (Wildman–Crippen LogP) is 4.18. The summed E-state index contributed by atoms with van der Waals surface area (Å²) < 4.78 is 40.3. The topological polar surface area (TPSA) is 93.1 Å². The van der Waals surface area contributed by atoms with E-state index in [1.54, 1.807) is 24.3 Å². The largest absolute Gasteiger partial charge is 0.418 e. The molecule has 1 heterocycles. The molecule has 11 heteroatoms. The molecule has 0 aliphatic rings. The highest BCUT2D eigenvalue weighted by Crippen LogP contribution is 2.34. The van der Waals surface area contributed by atoms with E-state index in [0.29, 0.717) is 10.6 Å². The molecule has 32 heavy (non-hydrogen) atoms. The first-order chi connectivity index (χ1) is 15.0. The highest BCUT2D eigenvalue weighted by molar-refractivity contribution is 6.30. The Hall–Kier alpha value is -3.66. The van der Waals surface area contributed by atoms with Crippen LogP contribution in [0.25, 0.3) is 11.3 Å². The molecule has 3 aromatic rings. The van der Waals surface area contributed by atoms with E-state index < -0.39 is 41.3 Å². The van der Waals surface area contributed by atoms with Crippen LogP contribution < -0.4 is 16.2 Å². The van der Waals surface area contributed by atoms with Crippen LogP contribution in [0.4, 0.5) is 24.5 Å². The van der Waals surface area contributed by atoms with Gasteiger partial charge in [-0.3, -0.25) is 14.4 Å². The Morgan fingerprint density at radius 2 is 1.69 bits per heavy atom. The lowest BCUT2D eigenvalue weighted by Crippen LogP contribution is -2.32. The quantitative estimate of drug-likeness (QED) is 0.592. The van der Waals surface area contributed by atoms with Crippen molar-refractivity contribution in [1.29, 1.82) is 0 Å². The molecule has 0 spiro atoms. The van der Waals surface area contributed by atoms with Crippen LogP contribution in [-0.4, -0.2) is 21.6 Å². The molecule has 2 aromatic carbocycles. The summed E-state index contributed by atoms with van der Waals surface area (Å²) in [6.45, 7) is 0.520. The zero-order valence-electron chi connectivity index (χ0n) is 16.5. The van der Waals surface area contributed by atoms with Crippen molar-refractivity contribution in [3.05, 3.63) is 75.5 Å². The van der Waals surface area contributed by atoms with E-state index in [1.807, 2.05) is 0 Å². The predicted molar refractivity (Wildman–Crippen MR) is 113 cm³/mol. The Bertz CT molecular complexity index is 1220. The van der Waals surface area contributed by atoms with Gasteiger partial charge in [-0.25, -0.2) is 4.68 Å². The Balaban J connectivity index is 1.96. The molecule has 0 unspecified atom stereocenters. The molecule has 0 radical (unpaired) electrons. The van der Waals surface area contributed by atoms with E-state index in [-0.39, 0.29) is 11.4 Å². The van der Waals surface area contributed by atoms with Crippen LogP contribution in [0.2, 0.25) is 5.02 Å². The van der Waals surface area contributed by atoms with E-state index in [0.717, 1.165) is 16.8 Å². The lowest BCUT2D eigenvalue weighted by molar-refractivity contribution is -0.137. The summed E-state index contributed by atoms with van der Waals surface area (Å²) in [5.41, 5.74) is -1.62. The lowest BCUT2D eigenvalue weighted by atomic mass is 10.1. The number of hydrogen-bond donors (Lipinski definition) is 2. The second-order valence-electron chi connectivity index (χ2n) is 6.69. The molecule has 3 rings (SSSR count). The van der Waals surface area contributed by atoms with Gasteiger partial charge in [0.1, 0.15) is 12.2 Å². The molecule has 2 N–H and O–H groups in total. The van der Waals surface area contributed by atoms with E-state index in [4.69, 9.17) is 11.6 Å². The summed E-state index contributed by atoms with van der Waals surface area (Å²) >= 11 is 5.88. The zero-order chi connectivity index (χ0) is 23.5. The molecular formula is C21H16ClF3N4O3. The van der Waals surface area contributed by atoms with Gasteiger partial charge in [0.2, 0.25) is 11.8 Å². The van der Waals surface area contributed by atoms with Crippen molar-refractivity contribution in [2.75, 3.05) is 10.6 Å². The molecule has 1 aromatic heterocycles. The average molecular weight is 465 g/mol. The SMILES string of the molecule is CC(=O)Nc1cc(-c2ccc(Cl)cc2)nn(CC(=O)Nc2ccccc2C(F)(F)F)c1=O. The molecule has 0 aliphatic carbocycles. The summed E-state index contributed by atoms with van der Waals surface area (Å²) in [6, 6.07) is 12.2. The highest BCUT2D eigenvalue weighted by Gasteiger charge is 2.33. The number of rotatable bonds is 5. The van der Waals surface area contributed by atoms with E-state index in [1.165, 1.54) is 25.1 Å². The van der Waals surface area contributed by atoms with Crippen LogP contribution in [0.15, 0.2) is 59.4 Å². The van der Waals surface area contributed by atoms with Crippen LogP contribution in [-0.2, 0) is 22.3 Å². The number of para-hydroxylation sites is 1. The van der Waals surface area contributed by atoms with Crippen LogP contribution >= 0.6 is 11.6 Å². The molecule has 0 atom stereocenters. The van der Waals surface area contributed by atoms with Crippen molar-refractivity contribution in [3.8, 4) is 11.3 Å². The number of nitrogens with zero attached hydrogens (tertiary/aromatic N) is 2. The second kappa shape index (κ2) is 9.23. The third kappa shape index (κ3) is 5.52. The first-order valence-corrected chi connectivity index (χ1v) is 9.54. The van der Waals surface area contributed by atoms with Crippen molar-refractivity contribution in [1.82, 2.24) is 9.78 Å².